The number of halogens is 1. The van der Waals surface area contributed by atoms with Crippen molar-refractivity contribution in [3.8, 4) is 0 Å². The molecular formula is C15H15FN4S. The highest BCUT2D eigenvalue weighted by molar-refractivity contribution is 7.99. The average molecular weight is 302 g/mol. The summed E-state index contributed by atoms with van der Waals surface area (Å²) in [6.45, 7) is 2.94. The molecule has 0 atom stereocenters. The SMILES string of the molecule is CCCNc1cn2ccnc2c(Sc2ccccc2F)n1. The van der Waals surface area contributed by atoms with Crippen LogP contribution in [-0.4, -0.2) is 20.9 Å². The van der Waals surface area contributed by atoms with E-state index in [1.807, 2.05) is 22.9 Å². The molecule has 2 heterocycles. The zero-order chi connectivity index (χ0) is 14.7. The molecule has 0 saturated heterocycles. The van der Waals surface area contributed by atoms with Gasteiger partial charge in [0, 0.05) is 23.8 Å². The van der Waals surface area contributed by atoms with Gasteiger partial charge in [0.1, 0.15) is 16.7 Å². The Balaban J connectivity index is 2.00. The smallest absolute Gasteiger partial charge is 0.170 e. The van der Waals surface area contributed by atoms with Gasteiger partial charge in [0.15, 0.2) is 5.65 Å². The molecule has 0 radical (unpaired) electrons. The molecule has 0 spiro atoms. The van der Waals surface area contributed by atoms with Crippen molar-refractivity contribution in [3.05, 3.63) is 48.7 Å². The van der Waals surface area contributed by atoms with Crippen molar-refractivity contribution >= 4 is 23.2 Å². The molecule has 6 heteroatoms. The van der Waals surface area contributed by atoms with Crippen molar-refractivity contribution in [2.45, 2.75) is 23.3 Å². The zero-order valence-corrected chi connectivity index (χ0v) is 12.4. The van der Waals surface area contributed by atoms with Crippen LogP contribution in [-0.2, 0) is 0 Å². The third-order valence-electron chi connectivity index (χ3n) is 2.94. The Bertz CT molecular complexity index is 756. The second kappa shape index (κ2) is 6.13. The third-order valence-corrected chi connectivity index (χ3v) is 3.96. The van der Waals surface area contributed by atoms with Gasteiger partial charge in [-0.05, 0) is 18.6 Å². The Kier molecular flexibility index (Phi) is 4.06. The molecule has 21 heavy (non-hydrogen) atoms. The minimum Gasteiger partial charge on any atom is -0.369 e. The summed E-state index contributed by atoms with van der Waals surface area (Å²) in [6.07, 6.45) is 6.48. The van der Waals surface area contributed by atoms with Crippen molar-refractivity contribution in [2.24, 2.45) is 0 Å². The average Bonchev–Trinajstić information content (AvgIpc) is 2.96. The Morgan fingerprint density at radius 1 is 1.33 bits per heavy atom. The summed E-state index contributed by atoms with van der Waals surface area (Å²) < 4.78 is 15.7. The quantitative estimate of drug-likeness (QED) is 0.777. The Morgan fingerprint density at radius 2 is 2.19 bits per heavy atom. The van der Waals surface area contributed by atoms with Crippen LogP contribution in [0.2, 0.25) is 0 Å². The standard InChI is InChI=1S/C15H15FN4S/c1-2-7-17-13-10-20-9-8-18-14(20)15(19-13)21-12-6-4-3-5-11(12)16/h3-6,8-10,17H,2,7H2,1H3. The third kappa shape index (κ3) is 3.00. The molecule has 1 N–H and O–H groups in total. The lowest BCUT2D eigenvalue weighted by molar-refractivity contribution is 0.602. The van der Waals surface area contributed by atoms with E-state index in [-0.39, 0.29) is 5.82 Å². The summed E-state index contributed by atoms with van der Waals surface area (Å²) in [5.41, 5.74) is 0.727. The van der Waals surface area contributed by atoms with E-state index in [1.165, 1.54) is 17.8 Å². The zero-order valence-electron chi connectivity index (χ0n) is 11.6. The normalized spacial score (nSPS) is 11.0. The predicted octanol–water partition coefficient (Wildman–Crippen LogP) is 3.84. The highest BCUT2D eigenvalue weighted by atomic mass is 32.2. The molecule has 108 valence electrons. The summed E-state index contributed by atoms with van der Waals surface area (Å²) in [4.78, 5) is 9.39. The number of hydrogen-bond acceptors (Lipinski definition) is 4. The van der Waals surface area contributed by atoms with Crippen LogP contribution in [0.3, 0.4) is 0 Å². The van der Waals surface area contributed by atoms with E-state index in [0.717, 1.165) is 24.4 Å². The van der Waals surface area contributed by atoms with Crippen LogP contribution in [0.25, 0.3) is 5.65 Å². The number of imidazole rings is 1. The minimum absolute atomic E-state index is 0.249. The van der Waals surface area contributed by atoms with E-state index in [2.05, 4.69) is 22.2 Å². The lowest BCUT2D eigenvalue weighted by Gasteiger charge is -2.09. The van der Waals surface area contributed by atoms with E-state index in [0.29, 0.717) is 9.92 Å². The Hall–Kier alpha value is -2.08. The number of hydrogen-bond donors (Lipinski definition) is 1. The van der Waals surface area contributed by atoms with Crippen molar-refractivity contribution in [1.29, 1.82) is 0 Å². The number of rotatable bonds is 5. The number of nitrogens with zero attached hydrogens (tertiary/aromatic N) is 3. The molecule has 1 aromatic carbocycles. The first-order valence-electron chi connectivity index (χ1n) is 6.78. The summed E-state index contributed by atoms with van der Waals surface area (Å²) in [7, 11) is 0. The summed E-state index contributed by atoms with van der Waals surface area (Å²) >= 11 is 1.29. The van der Waals surface area contributed by atoms with Gasteiger partial charge in [-0.25, -0.2) is 14.4 Å². The van der Waals surface area contributed by atoms with Gasteiger partial charge in [-0.1, -0.05) is 30.8 Å². The van der Waals surface area contributed by atoms with Crippen LogP contribution in [0, 0.1) is 5.82 Å². The first-order chi connectivity index (χ1) is 10.3. The molecule has 3 aromatic rings. The fourth-order valence-electron chi connectivity index (χ4n) is 1.94. The molecule has 0 aliphatic heterocycles. The molecular weight excluding hydrogens is 287 g/mol. The van der Waals surface area contributed by atoms with Crippen LogP contribution in [0.1, 0.15) is 13.3 Å². The van der Waals surface area contributed by atoms with Crippen LogP contribution in [0.15, 0.2) is 52.8 Å². The molecule has 0 aliphatic carbocycles. The predicted molar refractivity (Wildman–Crippen MR) is 82.3 cm³/mol. The fraction of sp³-hybridized carbons (Fsp3) is 0.200. The van der Waals surface area contributed by atoms with Gasteiger partial charge in [0.2, 0.25) is 0 Å². The fourth-order valence-corrected chi connectivity index (χ4v) is 2.86. The van der Waals surface area contributed by atoms with E-state index in [1.54, 1.807) is 18.3 Å². The van der Waals surface area contributed by atoms with Gasteiger partial charge in [-0.15, -0.1) is 0 Å². The van der Waals surface area contributed by atoms with Crippen LogP contribution in [0.5, 0.6) is 0 Å². The van der Waals surface area contributed by atoms with Gasteiger partial charge < -0.3 is 9.72 Å². The molecule has 0 unspecified atom stereocenters. The van der Waals surface area contributed by atoms with Crippen LogP contribution < -0.4 is 5.32 Å². The molecule has 3 rings (SSSR count). The van der Waals surface area contributed by atoms with Gasteiger partial charge in [-0.3, -0.25) is 0 Å². The van der Waals surface area contributed by atoms with E-state index < -0.39 is 0 Å². The van der Waals surface area contributed by atoms with Gasteiger partial charge >= 0.3 is 0 Å². The van der Waals surface area contributed by atoms with Gasteiger partial charge in [0.25, 0.3) is 0 Å². The molecule has 4 nitrogen and oxygen atoms in total. The van der Waals surface area contributed by atoms with E-state index in [4.69, 9.17) is 0 Å². The van der Waals surface area contributed by atoms with Crippen molar-refractivity contribution < 1.29 is 4.39 Å². The maximum atomic E-state index is 13.8. The van der Waals surface area contributed by atoms with Crippen molar-refractivity contribution in [3.63, 3.8) is 0 Å². The second-order valence-corrected chi connectivity index (χ2v) is 5.58. The van der Waals surface area contributed by atoms with Crippen LogP contribution >= 0.6 is 11.8 Å². The number of nitrogens with one attached hydrogen (secondary N) is 1. The Morgan fingerprint density at radius 3 is 3.00 bits per heavy atom. The number of aromatic nitrogens is 3. The molecule has 0 aliphatic rings. The highest BCUT2D eigenvalue weighted by Gasteiger charge is 2.11. The molecule has 2 aromatic heterocycles. The summed E-state index contributed by atoms with van der Waals surface area (Å²) in [5.74, 6) is 0.516. The minimum atomic E-state index is -0.249. The summed E-state index contributed by atoms with van der Waals surface area (Å²) in [6, 6.07) is 6.68. The lowest BCUT2D eigenvalue weighted by Crippen LogP contribution is -2.04. The summed E-state index contributed by atoms with van der Waals surface area (Å²) in [5, 5.41) is 3.94. The maximum absolute atomic E-state index is 13.8. The first-order valence-corrected chi connectivity index (χ1v) is 7.59. The maximum Gasteiger partial charge on any atom is 0.170 e. The monoisotopic (exact) mass is 302 g/mol. The topological polar surface area (TPSA) is 42.2 Å². The van der Waals surface area contributed by atoms with Crippen molar-refractivity contribution in [2.75, 3.05) is 11.9 Å². The molecule has 0 saturated carbocycles. The van der Waals surface area contributed by atoms with Crippen LogP contribution in [0.4, 0.5) is 10.2 Å². The van der Waals surface area contributed by atoms with E-state index in [9.17, 15) is 4.39 Å². The van der Waals surface area contributed by atoms with E-state index >= 15 is 0 Å². The van der Waals surface area contributed by atoms with Gasteiger partial charge in [-0.2, -0.15) is 0 Å². The number of fused-ring (bicyclic) bond motifs is 1. The first kappa shape index (κ1) is 13.9. The lowest BCUT2D eigenvalue weighted by atomic mass is 10.3. The second-order valence-electron chi connectivity index (χ2n) is 4.55. The molecule has 0 fully saturated rings. The number of benzene rings is 1. The highest BCUT2D eigenvalue weighted by Crippen LogP contribution is 2.31. The van der Waals surface area contributed by atoms with Crippen molar-refractivity contribution in [1.82, 2.24) is 14.4 Å². The Labute approximate surface area is 126 Å². The number of anilines is 1. The molecule has 0 amide bonds. The molecule has 0 bridgehead atoms. The van der Waals surface area contributed by atoms with Gasteiger partial charge in [0.05, 0.1) is 6.20 Å². The largest absolute Gasteiger partial charge is 0.369 e.